The molecule has 0 spiro atoms. The molecule has 4 nitrogen and oxygen atoms in total. The van der Waals surface area contributed by atoms with Gasteiger partial charge in [-0.15, -0.1) is 10.2 Å². The Morgan fingerprint density at radius 1 is 1.56 bits per heavy atom. The van der Waals surface area contributed by atoms with Gasteiger partial charge in [-0.1, -0.05) is 6.92 Å². The van der Waals surface area contributed by atoms with Crippen molar-refractivity contribution in [3.8, 4) is 0 Å². The Kier molecular flexibility index (Phi) is 2.28. The molecule has 0 radical (unpaired) electrons. The molecule has 0 amide bonds. The maximum Gasteiger partial charge on any atom is 0.147 e. The second kappa shape index (κ2) is 3.55. The van der Waals surface area contributed by atoms with Gasteiger partial charge in [-0.25, -0.2) is 0 Å². The van der Waals surface area contributed by atoms with Crippen molar-refractivity contribution >= 4 is 0 Å². The Morgan fingerprint density at radius 3 is 2.94 bits per heavy atom. The highest BCUT2D eigenvalue weighted by Crippen LogP contribution is 2.48. The molecule has 0 bridgehead atoms. The van der Waals surface area contributed by atoms with E-state index in [4.69, 9.17) is 0 Å². The average molecular weight is 220 g/mol. The fraction of sp³-hybridized carbons (Fsp3) is 0.833. The smallest absolute Gasteiger partial charge is 0.147 e. The van der Waals surface area contributed by atoms with E-state index in [0.717, 1.165) is 12.4 Å². The van der Waals surface area contributed by atoms with Crippen LogP contribution in [0.1, 0.15) is 51.4 Å². The number of hydrogen-bond acceptors (Lipinski definition) is 3. The molecule has 2 fully saturated rings. The van der Waals surface area contributed by atoms with E-state index in [1.165, 1.54) is 25.7 Å². The molecule has 0 saturated heterocycles. The van der Waals surface area contributed by atoms with E-state index in [1.54, 1.807) is 0 Å². The summed E-state index contributed by atoms with van der Waals surface area (Å²) in [7, 11) is 0. The summed E-state index contributed by atoms with van der Waals surface area (Å²) in [5.74, 6) is 1.10. The molecule has 1 N–H and O–H groups in total. The summed E-state index contributed by atoms with van der Waals surface area (Å²) in [6.07, 6.45) is 7.17. The van der Waals surface area contributed by atoms with E-state index >= 15 is 0 Å². The van der Waals surface area contributed by atoms with Gasteiger partial charge in [0.2, 0.25) is 0 Å². The number of nitrogens with one attached hydrogen (secondary N) is 1. The van der Waals surface area contributed by atoms with Gasteiger partial charge in [0.25, 0.3) is 0 Å². The monoisotopic (exact) mass is 220 g/mol. The molecule has 0 aromatic carbocycles. The highest BCUT2D eigenvalue weighted by molar-refractivity contribution is 4.99. The zero-order valence-corrected chi connectivity index (χ0v) is 10.1. The maximum atomic E-state index is 4.20. The molecular weight excluding hydrogens is 200 g/mol. The van der Waals surface area contributed by atoms with Crippen molar-refractivity contribution in [1.29, 1.82) is 0 Å². The third-order valence-corrected chi connectivity index (χ3v) is 4.24. The van der Waals surface area contributed by atoms with Crippen LogP contribution in [0.15, 0.2) is 6.33 Å². The van der Waals surface area contributed by atoms with Gasteiger partial charge in [0.15, 0.2) is 0 Å². The third kappa shape index (κ3) is 1.86. The van der Waals surface area contributed by atoms with Crippen molar-refractivity contribution in [3.63, 3.8) is 0 Å². The topological polar surface area (TPSA) is 42.7 Å². The van der Waals surface area contributed by atoms with E-state index in [0.29, 0.717) is 17.5 Å². The van der Waals surface area contributed by atoms with Gasteiger partial charge in [0.1, 0.15) is 12.2 Å². The predicted octanol–water partition coefficient (Wildman–Crippen LogP) is 1.89. The molecule has 2 saturated carbocycles. The van der Waals surface area contributed by atoms with Crippen molar-refractivity contribution in [2.45, 2.75) is 58.2 Å². The SMILES string of the molecule is CC(NCc1nncn1C1CC1)C1(C)CC1. The first-order chi connectivity index (χ1) is 7.69. The largest absolute Gasteiger partial charge is 0.313 e. The van der Waals surface area contributed by atoms with Crippen LogP contribution in [0.25, 0.3) is 0 Å². The highest BCUT2D eigenvalue weighted by atomic mass is 15.3. The fourth-order valence-corrected chi connectivity index (χ4v) is 2.17. The number of aromatic nitrogens is 3. The minimum atomic E-state index is 0.532. The molecule has 1 heterocycles. The summed E-state index contributed by atoms with van der Waals surface area (Å²) >= 11 is 0. The van der Waals surface area contributed by atoms with Crippen LogP contribution < -0.4 is 5.32 Å². The van der Waals surface area contributed by atoms with E-state index in [2.05, 4.69) is 33.9 Å². The summed E-state index contributed by atoms with van der Waals surface area (Å²) in [5, 5.41) is 11.8. The normalized spacial score (nSPS) is 24.4. The van der Waals surface area contributed by atoms with Gasteiger partial charge >= 0.3 is 0 Å². The first kappa shape index (κ1) is 10.3. The quantitative estimate of drug-likeness (QED) is 0.824. The fourth-order valence-electron chi connectivity index (χ4n) is 2.17. The van der Waals surface area contributed by atoms with Crippen molar-refractivity contribution in [1.82, 2.24) is 20.1 Å². The molecule has 1 atom stereocenters. The van der Waals surface area contributed by atoms with Crippen LogP contribution in [0.4, 0.5) is 0 Å². The Labute approximate surface area is 96.4 Å². The minimum absolute atomic E-state index is 0.532. The Hall–Kier alpha value is -0.900. The Bertz CT molecular complexity index is 376. The van der Waals surface area contributed by atoms with Crippen molar-refractivity contribution in [3.05, 3.63) is 12.2 Å². The summed E-state index contributed by atoms with van der Waals surface area (Å²) < 4.78 is 2.23. The zero-order valence-electron chi connectivity index (χ0n) is 10.1. The lowest BCUT2D eigenvalue weighted by Gasteiger charge is -2.20. The molecule has 88 valence electrons. The number of nitrogens with zero attached hydrogens (tertiary/aromatic N) is 3. The molecule has 1 aromatic heterocycles. The van der Waals surface area contributed by atoms with Gasteiger partial charge in [0, 0.05) is 12.1 Å². The molecule has 3 rings (SSSR count). The van der Waals surface area contributed by atoms with E-state index in [1.807, 2.05) is 6.33 Å². The molecule has 2 aliphatic carbocycles. The Balaban J connectivity index is 1.59. The van der Waals surface area contributed by atoms with E-state index < -0.39 is 0 Å². The highest BCUT2D eigenvalue weighted by Gasteiger charge is 2.42. The van der Waals surface area contributed by atoms with Crippen molar-refractivity contribution in [2.75, 3.05) is 0 Å². The van der Waals surface area contributed by atoms with Crippen LogP contribution >= 0.6 is 0 Å². The van der Waals surface area contributed by atoms with Crippen LogP contribution in [0.2, 0.25) is 0 Å². The number of rotatable bonds is 5. The van der Waals surface area contributed by atoms with Gasteiger partial charge in [-0.3, -0.25) is 0 Å². The lowest BCUT2D eigenvalue weighted by atomic mass is 10.0. The van der Waals surface area contributed by atoms with Crippen molar-refractivity contribution in [2.24, 2.45) is 5.41 Å². The molecule has 4 heteroatoms. The lowest BCUT2D eigenvalue weighted by molar-refractivity contribution is 0.373. The molecule has 2 aliphatic rings. The van der Waals surface area contributed by atoms with Gasteiger partial charge in [-0.2, -0.15) is 0 Å². The van der Waals surface area contributed by atoms with Crippen LogP contribution in [0.3, 0.4) is 0 Å². The van der Waals surface area contributed by atoms with Crippen LogP contribution in [0.5, 0.6) is 0 Å². The zero-order chi connectivity index (χ0) is 11.2. The van der Waals surface area contributed by atoms with Crippen molar-refractivity contribution < 1.29 is 0 Å². The Morgan fingerprint density at radius 2 is 2.31 bits per heavy atom. The van der Waals surface area contributed by atoms with Crippen LogP contribution in [-0.4, -0.2) is 20.8 Å². The standard InChI is InChI=1S/C12H20N4/c1-9(12(2)5-6-12)13-7-11-15-14-8-16(11)10-3-4-10/h8-10,13H,3-7H2,1-2H3. The summed E-state index contributed by atoms with van der Waals surface area (Å²) in [5.41, 5.74) is 0.532. The summed E-state index contributed by atoms with van der Waals surface area (Å²) in [4.78, 5) is 0. The second-order valence-electron chi connectivity index (χ2n) is 5.64. The van der Waals surface area contributed by atoms with Gasteiger partial charge in [0.05, 0.1) is 6.54 Å². The first-order valence-corrected chi connectivity index (χ1v) is 6.31. The first-order valence-electron chi connectivity index (χ1n) is 6.31. The third-order valence-electron chi connectivity index (χ3n) is 4.24. The summed E-state index contributed by atoms with van der Waals surface area (Å²) in [6, 6.07) is 1.26. The van der Waals surface area contributed by atoms with E-state index in [-0.39, 0.29) is 0 Å². The van der Waals surface area contributed by atoms with Crippen LogP contribution in [0, 0.1) is 5.41 Å². The maximum absolute atomic E-state index is 4.20. The molecule has 1 aromatic rings. The molecular formula is C12H20N4. The predicted molar refractivity (Wildman–Crippen MR) is 61.9 cm³/mol. The number of hydrogen-bond donors (Lipinski definition) is 1. The summed E-state index contributed by atoms with van der Waals surface area (Å²) in [6.45, 7) is 5.49. The lowest BCUT2D eigenvalue weighted by Crippen LogP contribution is -2.33. The van der Waals surface area contributed by atoms with Gasteiger partial charge < -0.3 is 9.88 Å². The molecule has 16 heavy (non-hydrogen) atoms. The average Bonchev–Trinajstić information content (AvgIpc) is 3.19. The molecule has 1 unspecified atom stereocenters. The van der Waals surface area contributed by atoms with E-state index in [9.17, 15) is 0 Å². The molecule has 0 aliphatic heterocycles. The second-order valence-corrected chi connectivity index (χ2v) is 5.64. The van der Waals surface area contributed by atoms with Crippen LogP contribution in [-0.2, 0) is 6.54 Å². The minimum Gasteiger partial charge on any atom is -0.313 e. The van der Waals surface area contributed by atoms with Gasteiger partial charge in [-0.05, 0) is 38.0 Å².